The average molecular weight is 414 g/mol. The van der Waals surface area contributed by atoms with Gasteiger partial charge in [-0.25, -0.2) is 19.7 Å². The molecule has 2 aromatic heterocycles. The van der Waals surface area contributed by atoms with Gasteiger partial charge in [-0.1, -0.05) is 0 Å². The zero-order valence-electron chi connectivity index (χ0n) is 14.9. The average Bonchev–Trinajstić information content (AvgIpc) is 2.90. The van der Waals surface area contributed by atoms with Crippen molar-refractivity contribution in [2.75, 3.05) is 13.2 Å². The standard InChI is InChI=1S/C16H19N3O4S3/c1-5-22-11(20)7-10-8(3)17-16(25-10)26-14-13(24)12(15(21)23-6-2)18-9(4)19-14/h24H,5-7H2,1-4H3. The number of esters is 2. The van der Waals surface area contributed by atoms with Crippen LogP contribution >= 0.6 is 35.7 Å². The number of thiazole rings is 1. The number of hydrogen-bond donors (Lipinski definition) is 1. The Hall–Kier alpha value is -1.65. The summed E-state index contributed by atoms with van der Waals surface area (Å²) in [6.07, 6.45) is 0.183. The Morgan fingerprint density at radius 2 is 1.81 bits per heavy atom. The molecule has 0 aromatic carbocycles. The second-order valence-corrected chi connectivity index (χ2v) is 7.83. The van der Waals surface area contributed by atoms with Crippen molar-refractivity contribution in [3.63, 3.8) is 0 Å². The zero-order valence-corrected chi connectivity index (χ0v) is 17.4. The molecule has 2 aromatic rings. The minimum atomic E-state index is -0.539. The molecule has 26 heavy (non-hydrogen) atoms. The van der Waals surface area contributed by atoms with Gasteiger partial charge in [0.25, 0.3) is 0 Å². The minimum Gasteiger partial charge on any atom is -0.466 e. The van der Waals surface area contributed by atoms with Gasteiger partial charge in [0.15, 0.2) is 10.0 Å². The van der Waals surface area contributed by atoms with E-state index in [0.717, 1.165) is 10.6 Å². The Bertz CT molecular complexity index is 823. The molecule has 2 rings (SSSR count). The van der Waals surface area contributed by atoms with Gasteiger partial charge in [0, 0.05) is 4.88 Å². The van der Waals surface area contributed by atoms with E-state index in [1.165, 1.54) is 23.1 Å². The summed E-state index contributed by atoms with van der Waals surface area (Å²) in [6, 6.07) is 0. The molecule has 0 radical (unpaired) electrons. The predicted molar refractivity (Wildman–Crippen MR) is 101 cm³/mol. The summed E-state index contributed by atoms with van der Waals surface area (Å²) in [5.41, 5.74) is 0.896. The molecule has 0 aliphatic carbocycles. The number of carbonyl (C=O) groups excluding carboxylic acids is 2. The molecule has 0 amide bonds. The van der Waals surface area contributed by atoms with Crippen LogP contribution in [0, 0.1) is 13.8 Å². The zero-order chi connectivity index (χ0) is 19.3. The van der Waals surface area contributed by atoms with Crippen LogP contribution in [0.25, 0.3) is 0 Å². The second-order valence-electron chi connectivity index (χ2n) is 5.07. The van der Waals surface area contributed by atoms with Crippen molar-refractivity contribution in [2.45, 2.75) is 48.4 Å². The highest BCUT2D eigenvalue weighted by molar-refractivity contribution is 8.01. The van der Waals surface area contributed by atoms with Crippen molar-refractivity contribution in [1.82, 2.24) is 15.0 Å². The molecule has 0 unspecified atom stereocenters. The quantitative estimate of drug-likeness (QED) is 0.420. The Balaban J connectivity index is 2.26. The Morgan fingerprint density at radius 1 is 1.12 bits per heavy atom. The van der Waals surface area contributed by atoms with Crippen LogP contribution in [-0.2, 0) is 20.7 Å². The van der Waals surface area contributed by atoms with Gasteiger partial charge in [-0.15, -0.1) is 24.0 Å². The fraction of sp³-hybridized carbons (Fsp3) is 0.438. The lowest BCUT2D eigenvalue weighted by Crippen LogP contribution is -2.11. The van der Waals surface area contributed by atoms with E-state index in [1.54, 1.807) is 20.8 Å². The van der Waals surface area contributed by atoms with Gasteiger partial charge in [-0.05, 0) is 39.5 Å². The Labute approximate surface area is 165 Å². The molecule has 7 nitrogen and oxygen atoms in total. The first kappa shape index (κ1) is 20.7. The highest BCUT2D eigenvalue weighted by Gasteiger charge is 2.20. The van der Waals surface area contributed by atoms with E-state index < -0.39 is 5.97 Å². The molecule has 0 aliphatic heterocycles. The number of ether oxygens (including phenoxy) is 2. The molecular formula is C16H19N3O4S3. The number of thiol groups is 1. The smallest absolute Gasteiger partial charge is 0.358 e. The van der Waals surface area contributed by atoms with E-state index in [-0.39, 0.29) is 24.7 Å². The first-order chi connectivity index (χ1) is 12.3. The first-order valence-electron chi connectivity index (χ1n) is 7.90. The van der Waals surface area contributed by atoms with Crippen LogP contribution in [0.4, 0.5) is 0 Å². The fourth-order valence-corrected chi connectivity index (χ4v) is 4.52. The van der Waals surface area contributed by atoms with Crippen LogP contribution < -0.4 is 0 Å². The Kier molecular flexibility index (Phi) is 7.42. The maximum atomic E-state index is 12.0. The van der Waals surface area contributed by atoms with E-state index in [4.69, 9.17) is 9.47 Å². The lowest BCUT2D eigenvalue weighted by molar-refractivity contribution is -0.142. The van der Waals surface area contributed by atoms with Crippen LogP contribution in [0.15, 0.2) is 14.3 Å². The first-order valence-corrected chi connectivity index (χ1v) is 9.98. The molecule has 2 heterocycles. The molecule has 0 atom stereocenters. The van der Waals surface area contributed by atoms with Gasteiger partial charge >= 0.3 is 11.9 Å². The lowest BCUT2D eigenvalue weighted by atomic mass is 10.3. The van der Waals surface area contributed by atoms with Gasteiger partial charge < -0.3 is 9.47 Å². The summed E-state index contributed by atoms with van der Waals surface area (Å²) in [7, 11) is 0. The van der Waals surface area contributed by atoms with Crippen LogP contribution in [0.2, 0.25) is 0 Å². The third-order valence-corrected chi connectivity index (χ3v) is 5.88. The summed E-state index contributed by atoms with van der Waals surface area (Å²) in [4.78, 5) is 37.8. The molecule has 0 bridgehead atoms. The van der Waals surface area contributed by atoms with Crippen LogP contribution in [0.3, 0.4) is 0 Å². The van der Waals surface area contributed by atoms with Gasteiger partial charge in [0.2, 0.25) is 0 Å². The molecule has 140 valence electrons. The summed E-state index contributed by atoms with van der Waals surface area (Å²) < 4.78 is 10.7. The maximum Gasteiger partial charge on any atom is 0.358 e. The van der Waals surface area contributed by atoms with Crippen LogP contribution in [-0.4, -0.2) is 40.1 Å². The lowest BCUT2D eigenvalue weighted by Gasteiger charge is -2.08. The summed E-state index contributed by atoms with van der Waals surface area (Å²) >= 11 is 7.05. The van der Waals surface area contributed by atoms with E-state index in [2.05, 4.69) is 27.6 Å². The number of nitrogens with zero attached hydrogens (tertiary/aromatic N) is 3. The van der Waals surface area contributed by atoms with Crippen LogP contribution in [0.5, 0.6) is 0 Å². The highest BCUT2D eigenvalue weighted by Crippen LogP contribution is 2.36. The number of carbonyl (C=O) groups is 2. The summed E-state index contributed by atoms with van der Waals surface area (Å²) in [5, 5.41) is 0.514. The molecule has 0 fully saturated rings. The monoisotopic (exact) mass is 413 g/mol. The highest BCUT2D eigenvalue weighted by atomic mass is 32.2. The number of aryl methyl sites for hydroxylation is 2. The van der Waals surface area contributed by atoms with Crippen molar-refractivity contribution >= 4 is 47.7 Å². The summed E-state index contributed by atoms with van der Waals surface area (Å²) in [5.74, 6) is -0.385. The number of hydrogen-bond acceptors (Lipinski definition) is 10. The molecule has 10 heteroatoms. The normalized spacial score (nSPS) is 10.7. The third-order valence-electron chi connectivity index (χ3n) is 3.10. The molecule has 0 saturated carbocycles. The maximum absolute atomic E-state index is 12.0. The topological polar surface area (TPSA) is 91.3 Å². The number of aromatic nitrogens is 3. The molecule has 0 N–H and O–H groups in total. The summed E-state index contributed by atoms with van der Waals surface area (Å²) in [6.45, 7) is 7.62. The van der Waals surface area contributed by atoms with Gasteiger partial charge in [0.1, 0.15) is 10.9 Å². The Morgan fingerprint density at radius 3 is 2.46 bits per heavy atom. The number of rotatable bonds is 7. The van der Waals surface area contributed by atoms with Crippen molar-refractivity contribution < 1.29 is 19.1 Å². The van der Waals surface area contributed by atoms with E-state index >= 15 is 0 Å². The molecular weight excluding hydrogens is 394 g/mol. The van der Waals surface area contributed by atoms with Gasteiger partial charge in [0.05, 0.1) is 30.2 Å². The largest absolute Gasteiger partial charge is 0.466 e. The molecule has 0 aliphatic rings. The van der Waals surface area contributed by atoms with E-state index in [1.807, 2.05) is 6.92 Å². The van der Waals surface area contributed by atoms with Crippen molar-refractivity contribution in [2.24, 2.45) is 0 Å². The third kappa shape index (κ3) is 5.18. The van der Waals surface area contributed by atoms with Gasteiger partial charge in [-0.2, -0.15) is 0 Å². The molecule has 0 spiro atoms. The minimum absolute atomic E-state index is 0.130. The van der Waals surface area contributed by atoms with E-state index in [9.17, 15) is 9.59 Å². The van der Waals surface area contributed by atoms with Crippen LogP contribution in [0.1, 0.15) is 40.7 Å². The van der Waals surface area contributed by atoms with Gasteiger partial charge in [-0.3, -0.25) is 4.79 Å². The van der Waals surface area contributed by atoms with E-state index in [0.29, 0.717) is 26.7 Å². The fourth-order valence-electron chi connectivity index (χ4n) is 1.99. The van der Waals surface area contributed by atoms with Crippen molar-refractivity contribution in [3.05, 3.63) is 22.1 Å². The van der Waals surface area contributed by atoms with Crippen molar-refractivity contribution in [1.29, 1.82) is 0 Å². The van der Waals surface area contributed by atoms with Crippen molar-refractivity contribution in [3.8, 4) is 0 Å². The predicted octanol–water partition coefficient (Wildman–Crippen LogP) is 3.27. The molecule has 0 saturated heterocycles. The SMILES string of the molecule is CCOC(=O)Cc1sc(Sc2nc(C)nc(C(=O)OCC)c2S)nc1C. The second kappa shape index (κ2) is 9.33.